The number of sulfonamides is 1. The van der Waals surface area contributed by atoms with Gasteiger partial charge in [0.05, 0.1) is 40.9 Å². The van der Waals surface area contributed by atoms with E-state index < -0.39 is 33.7 Å². The van der Waals surface area contributed by atoms with Crippen LogP contribution in [-0.4, -0.2) is 80.8 Å². The summed E-state index contributed by atoms with van der Waals surface area (Å²) in [6, 6.07) is 15.5. The standard InChI is InChI=1S/C37H48F3N3O6S/c1-25-9-16-32(17-10-25)50(46,47)41-31-15-18-34-33(20-31)36(45)43(27(3)24-44)21-26(2)35(48-19-7-6-8-28(4)49-34)23-42(5)22-29-11-13-30(14-12-29)37(38,39)40/h9-18,20,26-28,35,41,44H,6-8,19,21-24H2,1-5H3/t26-,27+,28-,35+/m1/s1. The Hall–Kier alpha value is -3.65. The monoisotopic (exact) mass is 719 g/mol. The van der Waals surface area contributed by atoms with Crippen LogP contribution in [0.5, 0.6) is 5.75 Å². The molecular formula is C37H48F3N3O6S. The molecule has 3 aromatic rings. The molecule has 2 N–H and O–H groups in total. The van der Waals surface area contributed by atoms with Crippen LogP contribution >= 0.6 is 0 Å². The van der Waals surface area contributed by atoms with Crippen LogP contribution in [0.25, 0.3) is 0 Å². The topological polar surface area (TPSA) is 108 Å². The zero-order valence-electron chi connectivity index (χ0n) is 29.2. The molecule has 0 bridgehead atoms. The minimum Gasteiger partial charge on any atom is -0.490 e. The molecule has 0 unspecified atom stereocenters. The number of rotatable bonds is 9. The highest BCUT2D eigenvalue weighted by Gasteiger charge is 2.32. The number of benzene rings is 3. The second-order valence-corrected chi connectivity index (χ2v) is 15.0. The predicted octanol–water partition coefficient (Wildman–Crippen LogP) is 6.74. The van der Waals surface area contributed by atoms with Gasteiger partial charge in [-0.3, -0.25) is 14.4 Å². The van der Waals surface area contributed by atoms with E-state index in [9.17, 15) is 31.5 Å². The number of likely N-dealkylation sites (N-methyl/N-ethyl adjacent to an activating group) is 1. The molecule has 13 heteroatoms. The molecule has 0 saturated heterocycles. The number of aliphatic hydroxyl groups is 1. The van der Waals surface area contributed by atoms with E-state index in [1.165, 1.54) is 30.3 Å². The summed E-state index contributed by atoms with van der Waals surface area (Å²) in [5, 5.41) is 10.2. The van der Waals surface area contributed by atoms with E-state index >= 15 is 0 Å². The fourth-order valence-electron chi connectivity index (χ4n) is 5.86. The Morgan fingerprint density at radius 3 is 2.36 bits per heavy atom. The Morgan fingerprint density at radius 2 is 1.72 bits per heavy atom. The highest BCUT2D eigenvalue weighted by atomic mass is 32.2. The second-order valence-electron chi connectivity index (χ2n) is 13.3. The number of nitrogens with zero attached hydrogens (tertiary/aromatic N) is 2. The van der Waals surface area contributed by atoms with Crippen molar-refractivity contribution in [2.75, 3.05) is 38.1 Å². The maximum Gasteiger partial charge on any atom is 0.416 e. The molecule has 1 heterocycles. The average molecular weight is 720 g/mol. The SMILES string of the molecule is Cc1ccc(S(=O)(=O)Nc2ccc3c(c2)C(=O)N([C@@H](C)CO)C[C@@H](C)[C@H](CN(C)Cc2ccc(C(F)(F)F)cc2)OCCCC[C@@H](C)O3)cc1. The summed E-state index contributed by atoms with van der Waals surface area (Å²) < 4.78 is 80.9. The van der Waals surface area contributed by atoms with Gasteiger partial charge in [-0.25, -0.2) is 8.42 Å². The number of ether oxygens (including phenoxy) is 2. The maximum absolute atomic E-state index is 14.4. The number of carbonyl (C=O) groups excluding carboxylic acids is 1. The fraction of sp³-hybridized carbons (Fsp3) is 0.486. The molecule has 4 atom stereocenters. The Labute approximate surface area is 293 Å². The smallest absolute Gasteiger partial charge is 0.416 e. The summed E-state index contributed by atoms with van der Waals surface area (Å²) in [7, 11) is -2.09. The van der Waals surface area contributed by atoms with Crippen molar-refractivity contribution < 1.29 is 41.0 Å². The third-order valence-corrected chi connectivity index (χ3v) is 10.3. The van der Waals surface area contributed by atoms with Gasteiger partial charge in [0.1, 0.15) is 5.75 Å². The molecule has 274 valence electrons. The van der Waals surface area contributed by atoms with Gasteiger partial charge >= 0.3 is 6.18 Å². The number of carbonyl (C=O) groups is 1. The van der Waals surface area contributed by atoms with Gasteiger partial charge in [0.25, 0.3) is 15.9 Å². The van der Waals surface area contributed by atoms with E-state index in [0.29, 0.717) is 31.9 Å². The van der Waals surface area contributed by atoms with Gasteiger partial charge in [0, 0.05) is 37.8 Å². The lowest BCUT2D eigenvalue weighted by Crippen LogP contribution is -2.47. The number of hydrogen-bond donors (Lipinski definition) is 2. The van der Waals surface area contributed by atoms with Crippen LogP contribution in [0.3, 0.4) is 0 Å². The summed E-state index contributed by atoms with van der Waals surface area (Å²) in [6.07, 6.45) is -2.76. The first-order chi connectivity index (χ1) is 23.6. The molecule has 1 aliphatic rings. The Balaban J connectivity index is 1.61. The number of halogens is 3. The molecule has 0 saturated carbocycles. The first-order valence-corrected chi connectivity index (χ1v) is 18.3. The van der Waals surface area contributed by atoms with Crippen molar-refractivity contribution >= 4 is 21.6 Å². The van der Waals surface area contributed by atoms with E-state index in [4.69, 9.17) is 9.47 Å². The van der Waals surface area contributed by atoms with E-state index in [2.05, 4.69) is 4.72 Å². The van der Waals surface area contributed by atoms with Crippen LogP contribution in [0.1, 0.15) is 67.1 Å². The van der Waals surface area contributed by atoms with Crippen molar-refractivity contribution in [3.8, 4) is 5.75 Å². The fourth-order valence-corrected chi connectivity index (χ4v) is 6.91. The van der Waals surface area contributed by atoms with Crippen molar-refractivity contribution in [2.45, 2.75) is 82.8 Å². The Kier molecular flexibility index (Phi) is 13.3. The van der Waals surface area contributed by atoms with Crippen LogP contribution < -0.4 is 9.46 Å². The number of alkyl halides is 3. The first kappa shape index (κ1) is 39.1. The van der Waals surface area contributed by atoms with Gasteiger partial charge in [0.15, 0.2) is 0 Å². The van der Waals surface area contributed by atoms with Crippen molar-refractivity contribution in [1.82, 2.24) is 9.80 Å². The van der Waals surface area contributed by atoms with Crippen LogP contribution in [0, 0.1) is 12.8 Å². The van der Waals surface area contributed by atoms with Crippen LogP contribution in [0.4, 0.5) is 18.9 Å². The van der Waals surface area contributed by atoms with E-state index in [-0.39, 0.29) is 47.4 Å². The highest BCUT2D eigenvalue weighted by Crippen LogP contribution is 2.31. The molecule has 4 rings (SSSR count). The van der Waals surface area contributed by atoms with Crippen molar-refractivity contribution in [3.63, 3.8) is 0 Å². The first-order valence-electron chi connectivity index (χ1n) is 16.9. The average Bonchev–Trinajstić information content (AvgIpc) is 3.06. The molecule has 1 amide bonds. The quantitative estimate of drug-likeness (QED) is 0.252. The van der Waals surface area contributed by atoms with Gasteiger partial charge in [0.2, 0.25) is 0 Å². The molecule has 0 spiro atoms. The molecular weight excluding hydrogens is 671 g/mol. The van der Waals surface area contributed by atoms with E-state index in [1.807, 2.05) is 32.7 Å². The predicted molar refractivity (Wildman–Crippen MR) is 187 cm³/mol. The third kappa shape index (κ3) is 10.7. The zero-order chi connectivity index (χ0) is 36.6. The van der Waals surface area contributed by atoms with Crippen LogP contribution in [-0.2, 0) is 27.5 Å². The van der Waals surface area contributed by atoms with Gasteiger partial charge in [-0.05, 0) is 95.1 Å². The lowest BCUT2D eigenvalue weighted by atomic mass is 10.0. The molecule has 3 aromatic carbocycles. The largest absolute Gasteiger partial charge is 0.490 e. The number of aliphatic hydroxyl groups excluding tert-OH is 1. The molecule has 0 aliphatic carbocycles. The summed E-state index contributed by atoms with van der Waals surface area (Å²) in [6.45, 7) is 8.65. The third-order valence-electron chi connectivity index (χ3n) is 8.86. The number of aryl methyl sites for hydroxylation is 1. The molecule has 0 aromatic heterocycles. The van der Waals surface area contributed by atoms with E-state index in [1.54, 1.807) is 36.1 Å². The maximum atomic E-state index is 14.4. The number of fused-ring (bicyclic) bond motifs is 1. The van der Waals surface area contributed by atoms with Crippen molar-refractivity contribution in [1.29, 1.82) is 0 Å². The Bertz CT molecular complexity index is 1670. The van der Waals surface area contributed by atoms with Crippen molar-refractivity contribution in [2.24, 2.45) is 5.92 Å². The molecule has 0 fully saturated rings. The lowest BCUT2D eigenvalue weighted by Gasteiger charge is -2.36. The Morgan fingerprint density at radius 1 is 1.04 bits per heavy atom. The summed E-state index contributed by atoms with van der Waals surface area (Å²) >= 11 is 0. The lowest BCUT2D eigenvalue weighted by molar-refractivity contribution is -0.137. The highest BCUT2D eigenvalue weighted by molar-refractivity contribution is 7.92. The normalized spacial score (nSPS) is 20.5. The molecule has 50 heavy (non-hydrogen) atoms. The number of anilines is 1. The van der Waals surface area contributed by atoms with E-state index in [0.717, 1.165) is 36.1 Å². The van der Waals surface area contributed by atoms with Gasteiger partial charge in [-0.15, -0.1) is 0 Å². The molecule has 1 aliphatic heterocycles. The number of nitrogens with one attached hydrogen (secondary N) is 1. The van der Waals surface area contributed by atoms with Gasteiger partial charge in [-0.1, -0.05) is 36.8 Å². The molecule has 0 radical (unpaired) electrons. The molecule has 9 nitrogen and oxygen atoms in total. The minimum absolute atomic E-state index is 0.0815. The summed E-state index contributed by atoms with van der Waals surface area (Å²) in [5.41, 5.74) is 1.27. The van der Waals surface area contributed by atoms with Gasteiger partial charge in [-0.2, -0.15) is 13.2 Å². The number of amides is 1. The summed E-state index contributed by atoms with van der Waals surface area (Å²) in [5.74, 6) is -0.354. The zero-order valence-corrected chi connectivity index (χ0v) is 30.1. The second kappa shape index (κ2) is 17.0. The summed E-state index contributed by atoms with van der Waals surface area (Å²) in [4.78, 5) is 18.0. The van der Waals surface area contributed by atoms with Crippen LogP contribution in [0.2, 0.25) is 0 Å². The number of hydrogen-bond acceptors (Lipinski definition) is 7. The minimum atomic E-state index is -4.41. The van der Waals surface area contributed by atoms with Crippen LogP contribution in [0.15, 0.2) is 71.6 Å². The van der Waals surface area contributed by atoms with Gasteiger partial charge < -0.3 is 19.5 Å². The van der Waals surface area contributed by atoms with Crippen molar-refractivity contribution in [3.05, 3.63) is 89.0 Å².